The first-order valence-electron chi connectivity index (χ1n) is 10.8. The van der Waals surface area contributed by atoms with Crippen molar-refractivity contribution < 1.29 is 33.7 Å². The van der Waals surface area contributed by atoms with Gasteiger partial charge in [0.2, 0.25) is 0 Å². The monoisotopic (exact) mass is 461 g/mol. The quantitative estimate of drug-likeness (QED) is 0.590. The van der Waals surface area contributed by atoms with Crippen molar-refractivity contribution in [3.05, 3.63) is 35.5 Å². The van der Waals surface area contributed by atoms with E-state index in [1.807, 2.05) is 20.8 Å². The van der Waals surface area contributed by atoms with E-state index < -0.39 is 11.6 Å². The Hall–Kier alpha value is -3.27. The topological polar surface area (TPSA) is 118 Å². The van der Waals surface area contributed by atoms with E-state index in [9.17, 15) is 14.4 Å². The van der Waals surface area contributed by atoms with Gasteiger partial charge in [-0.1, -0.05) is 0 Å². The number of amides is 2. The predicted molar refractivity (Wildman–Crippen MR) is 120 cm³/mol. The van der Waals surface area contributed by atoms with Crippen LogP contribution in [-0.4, -0.2) is 84.5 Å². The Balaban J connectivity index is 1.61. The summed E-state index contributed by atoms with van der Waals surface area (Å²) in [5, 5.41) is 12.1. The van der Waals surface area contributed by atoms with Gasteiger partial charge in [-0.25, -0.2) is 9.59 Å². The standard InChI is InChI=1S/C23H31N3O7/c1-23(2,3)33-22(30)26-10-9-17(13-26)32-16-7-5-15(6-8-16)24-19-18(21(29)31-4)14-25(11-12-27)20(19)28/h5-8,17,24,27H,9-14H2,1-4H3. The van der Waals surface area contributed by atoms with Crippen molar-refractivity contribution in [1.29, 1.82) is 0 Å². The molecule has 180 valence electrons. The average Bonchev–Trinajstić information content (AvgIpc) is 3.34. The van der Waals surface area contributed by atoms with Gasteiger partial charge >= 0.3 is 12.1 Å². The van der Waals surface area contributed by atoms with E-state index in [2.05, 4.69) is 5.32 Å². The first-order valence-corrected chi connectivity index (χ1v) is 10.8. The number of aliphatic hydroxyl groups excluding tert-OH is 1. The van der Waals surface area contributed by atoms with Crippen molar-refractivity contribution in [2.24, 2.45) is 0 Å². The second kappa shape index (κ2) is 10.1. The van der Waals surface area contributed by atoms with Gasteiger partial charge in [0.25, 0.3) is 5.91 Å². The normalized spacial score (nSPS) is 18.6. The summed E-state index contributed by atoms with van der Waals surface area (Å²) < 4.78 is 16.2. The molecule has 1 unspecified atom stereocenters. The van der Waals surface area contributed by atoms with Crippen LogP contribution in [0.15, 0.2) is 35.5 Å². The van der Waals surface area contributed by atoms with Crippen LogP contribution in [0.25, 0.3) is 0 Å². The van der Waals surface area contributed by atoms with Crippen LogP contribution >= 0.6 is 0 Å². The number of nitrogens with zero attached hydrogens (tertiary/aromatic N) is 2. The lowest BCUT2D eigenvalue weighted by molar-refractivity contribution is -0.136. The van der Waals surface area contributed by atoms with E-state index in [0.29, 0.717) is 30.9 Å². The van der Waals surface area contributed by atoms with Gasteiger partial charge in [-0.2, -0.15) is 0 Å². The van der Waals surface area contributed by atoms with Crippen molar-refractivity contribution in [3.8, 4) is 5.75 Å². The first kappa shape index (κ1) is 24.4. The third-order valence-corrected chi connectivity index (χ3v) is 5.18. The largest absolute Gasteiger partial charge is 0.489 e. The molecule has 1 aromatic carbocycles. The van der Waals surface area contributed by atoms with E-state index in [0.717, 1.165) is 0 Å². The lowest BCUT2D eigenvalue weighted by atomic mass is 10.2. The number of β-amino-alcohol motifs (C(OH)–C–C–N with tert-alkyl or cyclic N) is 1. The lowest BCUT2D eigenvalue weighted by Crippen LogP contribution is -2.36. The Morgan fingerprint density at radius 1 is 1.21 bits per heavy atom. The molecule has 0 saturated carbocycles. The Labute approximate surface area is 193 Å². The average molecular weight is 462 g/mol. The zero-order valence-electron chi connectivity index (χ0n) is 19.4. The SMILES string of the molecule is COC(=O)C1=C(Nc2ccc(OC3CCN(C(=O)OC(C)(C)C)C3)cc2)C(=O)N(CCO)C1. The zero-order chi connectivity index (χ0) is 24.2. The van der Waals surface area contributed by atoms with Crippen molar-refractivity contribution in [2.75, 3.05) is 45.2 Å². The molecule has 1 atom stereocenters. The minimum absolute atomic E-state index is 0.0748. The Morgan fingerprint density at radius 2 is 1.91 bits per heavy atom. The van der Waals surface area contributed by atoms with Crippen molar-refractivity contribution >= 4 is 23.7 Å². The molecular weight excluding hydrogens is 430 g/mol. The van der Waals surface area contributed by atoms with Crippen LogP contribution in [0, 0.1) is 0 Å². The van der Waals surface area contributed by atoms with Gasteiger partial charge in [0.15, 0.2) is 0 Å². The van der Waals surface area contributed by atoms with Gasteiger partial charge in [-0.15, -0.1) is 0 Å². The molecule has 3 rings (SSSR count). The summed E-state index contributed by atoms with van der Waals surface area (Å²) in [6.07, 6.45) is 0.205. The highest BCUT2D eigenvalue weighted by Gasteiger charge is 2.34. The van der Waals surface area contributed by atoms with Crippen LogP contribution in [-0.2, 0) is 19.1 Å². The smallest absolute Gasteiger partial charge is 0.410 e. The first-order chi connectivity index (χ1) is 15.6. The van der Waals surface area contributed by atoms with Crippen LogP contribution in [0.1, 0.15) is 27.2 Å². The highest BCUT2D eigenvalue weighted by molar-refractivity contribution is 6.08. The number of carbonyl (C=O) groups excluding carboxylic acids is 3. The van der Waals surface area contributed by atoms with Crippen molar-refractivity contribution in [2.45, 2.75) is 38.9 Å². The number of hydrogen-bond acceptors (Lipinski definition) is 8. The molecule has 2 N–H and O–H groups in total. The number of hydrogen-bond donors (Lipinski definition) is 2. The van der Waals surface area contributed by atoms with Gasteiger partial charge in [0, 0.05) is 25.2 Å². The fraction of sp³-hybridized carbons (Fsp3) is 0.522. The van der Waals surface area contributed by atoms with E-state index >= 15 is 0 Å². The number of aliphatic hydroxyl groups is 1. The molecule has 0 bridgehead atoms. The highest BCUT2D eigenvalue weighted by Crippen LogP contribution is 2.25. The molecule has 2 aliphatic rings. The van der Waals surface area contributed by atoms with Gasteiger partial charge in [0.1, 0.15) is 23.2 Å². The fourth-order valence-electron chi connectivity index (χ4n) is 3.62. The zero-order valence-corrected chi connectivity index (χ0v) is 19.4. The minimum atomic E-state index is -0.595. The summed E-state index contributed by atoms with van der Waals surface area (Å²) in [6, 6.07) is 6.98. The number of carbonyl (C=O) groups is 3. The van der Waals surface area contributed by atoms with Gasteiger partial charge < -0.3 is 34.4 Å². The van der Waals surface area contributed by atoms with E-state index in [-0.39, 0.29) is 49.1 Å². The highest BCUT2D eigenvalue weighted by atomic mass is 16.6. The summed E-state index contributed by atoms with van der Waals surface area (Å²) in [5.41, 5.74) is 0.398. The number of ether oxygens (including phenoxy) is 3. The number of anilines is 1. The maximum atomic E-state index is 12.6. The molecule has 0 aromatic heterocycles. The molecule has 0 spiro atoms. The molecule has 10 nitrogen and oxygen atoms in total. The van der Waals surface area contributed by atoms with E-state index in [1.54, 1.807) is 29.2 Å². The Morgan fingerprint density at radius 3 is 2.52 bits per heavy atom. The lowest BCUT2D eigenvalue weighted by Gasteiger charge is -2.24. The van der Waals surface area contributed by atoms with E-state index in [1.165, 1.54) is 12.0 Å². The number of nitrogens with one attached hydrogen (secondary N) is 1. The minimum Gasteiger partial charge on any atom is -0.489 e. The summed E-state index contributed by atoms with van der Waals surface area (Å²) in [7, 11) is 1.26. The van der Waals surface area contributed by atoms with Crippen LogP contribution in [0.4, 0.5) is 10.5 Å². The molecule has 0 radical (unpaired) electrons. The molecular formula is C23H31N3O7. The number of methoxy groups -OCH3 is 1. The van der Waals surface area contributed by atoms with Crippen molar-refractivity contribution in [1.82, 2.24) is 9.80 Å². The molecule has 2 heterocycles. The molecule has 2 aliphatic heterocycles. The van der Waals surface area contributed by atoms with Crippen LogP contribution in [0.5, 0.6) is 5.75 Å². The van der Waals surface area contributed by atoms with Gasteiger partial charge in [0.05, 0.1) is 32.4 Å². The second-order valence-electron chi connectivity index (χ2n) is 8.90. The summed E-state index contributed by atoms with van der Waals surface area (Å²) >= 11 is 0. The molecule has 1 aromatic rings. The molecule has 33 heavy (non-hydrogen) atoms. The number of rotatable bonds is 7. The molecule has 1 fully saturated rings. The number of benzene rings is 1. The number of likely N-dealkylation sites (tertiary alicyclic amines) is 1. The summed E-state index contributed by atoms with van der Waals surface area (Å²) in [6.45, 7) is 6.50. The third kappa shape index (κ3) is 6.16. The van der Waals surface area contributed by atoms with Crippen LogP contribution in [0.2, 0.25) is 0 Å². The number of esters is 1. The van der Waals surface area contributed by atoms with Gasteiger partial charge in [-0.05, 0) is 45.0 Å². The third-order valence-electron chi connectivity index (χ3n) is 5.18. The van der Waals surface area contributed by atoms with Crippen LogP contribution in [0.3, 0.4) is 0 Å². The molecule has 1 saturated heterocycles. The summed E-state index contributed by atoms with van der Waals surface area (Å²) in [5.74, 6) is -0.349. The maximum absolute atomic E-state index is 12.6. The van der Waals surface area contributed by atoms with Gasteiger partial charge in [-0.3, -0.25) is 4.79 Å². The Bertz CT molecular complexity index is 921. The summed E-state index contributed by atoms with van der Waals surface area (Å²) in [4.78, 5) is 39.9. The second-order valence-corrected chi connectivity index (χ2v) is 8.90. The van der Waals surface area contributed by atoms with Crippen LogP contribution < -0.4 is 10.1 Å². The molecule has 2 amide bonds. The Kier molecular flexibility index (Phi) is 7.47. The molecule has 10 heteroatoms. The predicted octanol–water partition coefficient (Wildman–Crippen LogP) is 1.75. The fourth-order valence-corrected chi connectivity index (χ4v) is 3.62. The maximum Gasteiger partial charge on any atom is 0.410 e. The van der Waals surface area contributed by atoms with Crippen molar-refractivity contribution in [3.63, 3.8) is 0 Å². The van der Waals surface area contributed by atoms with E-state index in [4.69, 9.17) is 19.3 Å². The molecule has 0 aliphatic carbocycles.